The van der Waals surface area contributed by atoms with Crippen LogP contribution in [0.4, 0.5) is 0 Å². The van der Waals surface area contributed by atoms with Crippen LogP contribution in [0, 0.1) is 0 Å². The SMILES string of the molecule is Clc1ccccc1CSc1nnnn1-c1ccc2c(c1)OCO2. The van der Waals surface area contributed by atoms with Gasteiger partial charge in [0.05, 0.1) is 5.69 Å². The van der Waals surface area contributed by atoms with E-state index in [9.17, 15) is 0 Å². The lowest BCUT2D eigenvalue weighted by Gasteiger charge is -2.06. The molecule has 8 heteroatoms. The average molecular weight is 347 g/mol. The van der Waals surface area contributed by atoms with Crippen LogP contribution < -0.4 is 9.47 Å². The fourth-order valence-electron chi connectivity index (χ4n) is 2.21. The maximum atomic E-state index is 6.18. The molecule has 4 rings (SSSR count). The summed E-state index contributed by atoms with van der Waals surface area (Å²) >= 11 is 7.70. The molecular formula is C15H11ClN4O2S. The molecule has 1 aromatic heterocycles. The van der Waals surface area contributed by atoms with Crippen molar-refractivity contribution in [2.75, 3.05) is 6.79 Å². The fraction of sp³-hybridized carbons (Fsp3) is 0.133. The summed E-state index contributed by atoms with van der Waals surface area (Å²) in [6.45, 7) is 0.239. The molecule has 0 radical (unpaired) electrons. The van der Waals surface area contributed by atoms with Gasteiger partial charge in [0.1, 0.15) is 0 Å². The molecule has 0 fully saturated rings. The summed E-state index contributed by atoms with van der Waals surface area (Å²) in [6.07, 6.45) is 0. The van der Waals surface area contributed by atoms with Gasteiger partial charge in [0.25, 0.3) is 0 Å². The van der Waals surface area contributed by atoms with Gasteiger partial charge in [-0.3, -0.25) is 0 Å². The van der Waals surface area contributed by atoms with E-state index in [0.29, 0.717) is 16.7 Å². The fourth-order valence-corrected chi connectivity index (χ4v) is 3.38. The molecule has 0 saturated heterocycles. The standard InChI is InChI=1S/C15H11ClN4O2S/c16-12-4-2-1-3-10(12)8-23-15-17-18-19-20(15)11-5-6-13-14(7-11)22-9-21-13/h1-7H,8-9H2. The van der Waals surface area contributed by atoms with Crippen molar-refractivity contribution >= 4 is 23.4 Å². The Morgan fingerprint density at radius 2 is 2.00 bits per heavy atom. The predicted octanol–water partition coefficient (Wildman–Crippen LogP) is 3.34. The Labute approximate surface area is 141 Å². The second kappa shape index (κ2) is 6.10. The Balaban J connectivity index is 1.58. The molecule has 3 aromatic rings. The first kappa shape index (κ1) is 14.3. The van der Waals surface area contributed by atoms with Crippen LogP contribution in [0.2, 0.25) is 5.02 Å². The Bertz CT molecular complexity index is 855. The molecule has 0 bridgehead atoms. The van der Waals surface area contributed by atoms with Gasteiger partial charge in [0.15, 0.2) is 11.5 Å². The molecule has 0 unspecified atom stereocenters. The number of hydrogen-bond donors (Lipinski definition) is 0. The quantitative estimate of drug-likeness (QED) is 0.675. The number of aromatic nitrogens is 4. The van der Waals surface area contributed by atoms with E-state index in [0.717, 1.165) is 22.0 Å². The monoisotopic (exact) mass is 346 g/mol. The van der Waals surface area contributed by atoms with E-state index in [1.54, 1.807) is 4.68 Å². The zero-order valence-electron chi connectivity index (χ0n) is 11.8. The molecule has 23 heavy (non-hydrogen) atoms. The highest BCUT2D eigenvalue weighted by Crippen LogP contribution is 2.34. The number of fused-ring (bicyclic) bond motifs is 1. The van der Waals surface area contributed by atoms with Gasteiger partial charge in [-0.15, -0.1) is 5.10 Å². The number of thioether (sulfide) groups is 1. The largest absolute Gasteiger partial charge is 0.454 e. The van der Waals surface area contributed by atoms with Crippen LogP contribution in [0.1, 0.15) is 5.56 Å². The highest BCUT2D eigenvalue weighted by molar-refractivity contribution is 7.98. The van der Waals surface area contributed by atoms with Crippen LogP contribution in [-0.4, -0.2) is 27.0 Å². The minimum atomic E-state index is 0.239. The van der Waals surface area contributed by atoms with Crippen LogP contribution in [0.15, 0.2) is 47.6 Å². The van der Waals surface area contributed by atoms with Crippen LogP contribution >= 0.6 is 23.4 Å². The van der Waals surface area contributed by atoms with Crippen molar-refractivity contribution in [3.05, 3.63) is 53.1 Å². The lowest BCUT2D eigenvalue weighted by Crippen LogP contribution is -1.99. The number of benzene rings is 2. The van der Waals surface area contributed by atoms with E-state index in [2.05, 4.69) is 15.5 Å². The zero-order valence-corrected chi connectivity index (χ0v) is 13.4. The second-order valence-electron chi connectivity index (χ2n) is 4.79. The van der Waals surface area contributed by atoms with Gasteiger partial charge >= 0.3 is 0 Å². The number of halogens is 1. The molecule has 0 spiro atoms. The van der Waals surface area contributed by atoms with E-state index in [1.807, 2.05) is 42.5 Å². The van der Waals surface area contributed by atoms with Gasteiger partial charge in [0, 0.05) is 16.8 Å². The summed E-state index contributed by atoms with van der Waals surface area (Å²) < 4.78 is 12.4. The van der Waals surface area contributed by atoms with Crippen molar-refractivity contribution in [2.24, 2.45) is 0 Å². The first-order chi connectivity index (χ1) is 11.3. The minimum Gasteiger partial charge on any atom is -0.454 e. The summed E-state index contributed by atoms with van der Waals surface area (Å²) in [5.74, 6) is 2.11. The van der Waals surface area contributed by atoms with Crippen molar-refractivity contribution < 1.29 is 9.47 Å². The number of hydrogen-bond acceptors (Lipinski definition) is 6. The third-order valence-corrected chi connectivity index (χ3v) is 4.69. The van der Waals surface area contributed by atoms with E-state index >= 15 is 0 Å². The van der Waals surface area contributed by atoms with E-state index in [4.69, 9.17) is 21.1 Å². The van der Waals surface area contributed by atoms with Crippen molar-refractivity contribution in [2.45, 2.75) is 10.9 Å². The lowest BCUT2D eigenvalue weighted by molar-refractivity contribution is 0.174. The third-order valence-electron chi connectivity index (χ3n) is 3.36. The molecule has 0 amide bonds. The molecule has 0 atom stereocenters. The first-order valence-corrected chi connectivity index (χ1v) is 8.22. The topological polar surface area (TPSA) is 62.1 Å². The molecule has 0 N–H and O–H groups in total. The van der Waals surface area contributed by atoms with Gasteiger partial charge in [0.2, 0.25) is 11.9 Å². The normalized spacial score (nSPS) is 12.6. The molecule has 6 nitrogen and oxygen atoms in total. The van der Waals surface area contributed by atoms with Crippen molar-refractivity contribution in [3.8, 4) is 17.2 Å². The second-order valence-corrected chi connectivity index (χ2v) is 6.14. The molecule has 2 heterocycles. The number of tetrazole rings is 1. The van der Waals surface area contributed by atoms with Gasteiger partial charge in [-0.1, -0.05) is 41.6 Å². The molecular weight excluding hydrogens is 336 g/mol. The summed E-state index contributed by atoms with van der Waals surface area (Å²) in [7, 11) is 0. The average Bonchev–Trinajstić information content (AvgIpc) is 3.22. The summed E-state index contributed by atoms with van der Waals surface area (Å²) in [5, 5.41) is 13.3. The predicted molar refractivity (Wildman–Crippen MR) is 86.3 cm³/mol. The summed E-state index contributed by atoms with van der Waals surface area (Å²) in [4.78, 5) is 0. The smallest absolute Gasteiger partial charge is 0.231 e. The van der Waals surface area contributed by atoms with Gasteiger partial charge < -0.3 is 9.47 Å². The summed E-state index contributed by atoms with van der Waals surface area (Å²) in [6, 6.07) is 13.3. The van der Waals surface area contributed by atoms with Crippen LogP contribution in [-0.2, 0) is 5.75 Å². The molecule has 0 aliphatic carbocycles. The van der Waals surface area contributed by atoms with E-state index < -0.39 is 0 Å². The van der Waals surface area contributed by atoms with Crippen molar-refractivity contribution in [1.29, 1.82) is 0 Å². The zero-order chi connectivity index (χ0) is 15.6. The van der Waals surface area contributed by atoms with E-state index in [-0.39, 0.29) is 6.79 Å². The molecule has 0 saturated carbocycles. The van der Waals surface area contributed by atoms with Crippen molar-refractivity contribution in [1.82, 2.24) is 20.2 Å². The molecule has 2 aromatic carbocycles. The number of nitrogens with zero attached hydrogens (tertiary/aromatic N) is 4. The third kappa shape index (κ3) is 2.85. The van der Waals surface area contributed by atoms with Gasteiger partial charge in [-0.25, -0.2) is 0 Å². The lowest BCUT2D eigenvalue weighted by atomic mass is 10.2. The van der Waals surface area contributed by atoms with Crippen molar-refractivity contribution in [3.63, 3.8) is 0 Å². The number of rotatable bonds is 4. The maximum Gasteiger partial charge on any atom is 0.231 e. The van der Waals surface area contributed by atoms with E-state index in [1.165, 1.54) is 11.8 Å². The highest BCUT2D eigenvalue weighted by Gasteiger charge is 2.16. The highest BCUT2D eigenvalue weighted by atomic mass is 35.5. The van der Waals surface area contributed by atoms with Crippen LogP contribution in [0.25, 0.3) is 5.69 Å². The summed E-state index contributed by atoms with van der Waals surface area (Å²) in [5.41, 5.74) is 1.86. The first-order valence-electron chi connectivity index (χ1n) is 6.86. The maximum absolute atomic E-state index is 6.18. The molecule has 1 aliphatic heterocycles. The van der Waals surface area contributed by atoms with Crippen LogP contribution in [0.3, 0.4) is 0 Å². The van der Waals surface area contributed by atoms with Gasteiger partial charge in [-0.2, -0.15) is 4.68 Å². The number of ether oxygens (including phenoxy) is 2. The Morgan fingerprint density at radius 3 is 2.91 bits per heavy atom. The Morgan fingerprint density at radius 1 is 1.13 bits per heavy atom. The molecule has 1 aliphatic rings. The van der Waals surface area contributed by atoms with Crippen LogP contribution in [0.5, 0.6) is 11.5 Å². The molecule has 116 valence electrons. The Hall–Kier alpha value is -2.25. The Kier molecular flexibility index (Phi) is 3.80. The van der Waals surface area contributed by atoms with Gasteiger partial charge in [-0.05, 0) is 34.2 Å². The minimum absolute atomic E-state index is 0.239.